The smallest absolute Gasteiger partial charge is 0.414 e. The monoisotopic (exact) mass is 477 g/mol. The van der Waals surface area contributed by atoms with Gasteiger partial charge in [-0.15, -0.1) is 0 Å². The first-order chi connectivity index (χ1) is 16.9. The van der Waals surface area contributed by atoms with E-state index in [1.807, 2.05) is 12.1 Å². The summed E-state index contributed by atoms with van der Waals surface area (Å²) in [6.45, 7) is 2.21. The van der Waals surface area contributed by atoms with Crippen molar-refractivity contribution in [3.05, 3.63) is 83.9 Å². The van der Waals surface area contributed by atoms with Gasteiger partial charge in [-0.05, 0) is 41.5 Å². The molecule has 9 nitrogen and oxygen atoms in total. The number of halogens is 1. The van der Waals surface area contributed by atoms with E-state index in [4.69, 9.17) is 4.74 Å². The second-order valence-corrected chi connectivity index (χ2v) is 7.95. The highest BCUT2D eigenvalue weighted by Crippen LogP contribution is 2.29. The molecule has 10 heteroatoms. The molecule has 180 valence electrons. The molecule has 2 aromatic carbocycles. The van der Waals surface area contributed by atoms with Crippen molar-refractivity contribution >= 4 is 23.5 Å². The van der Waals surface area contributed by atoms with E-state index in [0.717, 1.165) is 5.56 Å². The lowest BCUT2D eigenvalue weighted by Crippen LogP contribution is -2.33. The minimum Gasteiger partial charge on any atom is -0.442 e. The summed E-state index contributed by atoms with van der Waals surface area (Å²) < 4.78 is 20.2. The van der Waals surface area contributed by atoms with Crippen LogP contribution in [0, 0.1) is 5.82 Å². The standard InChI is InChI=1S/C25H24FN5O4/c1-16(32)28-14-21-15-31(25(33)35-21)20-6-7-22(23(26)12-20)18-4-2-17(3-5-18)13-29-24(30-34)19-8-10-27-11-9-19/h2-12,21,34H,13-15H2,1H3,(H,28,32)(H,29,30)/t21-/m0/s1. The molecule has 0 saturated carbocycles. The Morgan fingerprint density at radius 1 is 1.17 bits per heavy atom. The van der Waals surface area contributed by atoms with E-state index in [9.17, 15) is 19.2 Å². The molecule has 1 aliphatic rings. The van der Waals surface area contributed by atoms with Crippen molar-refractivity contribution in [2.45, 2.75) is 19.6 Å². The summed E-state index contributed by atoms with van der Waals surface area (Å²) in [4.78, 5) is 28.5. The fourth-order valence-electron chi connectivity index (χ4n) is 3.70. The third kappa shape index (κ3) is 5.72. The lowest BCUT2D eigenvalue weighted by Gasteiger charge is -2.15. The number of benzene rings is 2. The van der Waals surface area contributed by atoms with Gasteiger partial charge in [0.15, 0.2) is 5.84 Å². The van der Waals surface area contributed by atoms with Crippen LogP contribution >= 0.6 is 0 Å². The number of rotatable bonds is 7. The maximum Gasteiger partial charge on any atom is 0.414 e. The largest absolute Gasteiger partial charge is 0.442 e. The number of aromatic nitrogens is 1. The highest BCUT2D eigenvalue weighted by molar-refractivity contribution is 5.98. The van der Waals surface area contributed by atoms with Crippen LogP contribution in [0.25, 0.3) is 11.1 Å². The third-order valence-corrected chi connectivity index (χ3v) is 5.50. The van der Waals surface area contributed by atoms with Gasteiger partial charge in [-0.25, -0.2) is 9.18 Å². The third-order valence-electron chi connectivity index (χ3n) is 5.50. The van der Waals surface area contributed by atoms with Crippen molar-refractivity contribution in [1.29, 1.82) is 0 Å². The molecular formula is C25H24FN5O4. The van der Waals surface area contributed by atoms with Gasteiger partial charge in [0.25, 0.3) is 0 Å². The van der Waals surface area contributed by atoms with Crippen LogP contribution in [0.15, 0.2) is 72.1 Å². The van der Waals surface area contributed by atoms with Crippen LogP contribution < -0.4 is 15.5 Å². The maximum absolute atomic E-state index is 15.0. The van der Waals surface area contributed by atoms with Gasteiger partial charge in [-0.3, -0.25) is 14.7 Å². The van der Waals surface area contributed by atoms with Gasteiger partial charge in [0.2, 0.25) is 5.91 Å². The summed E-state index contributed by atoms with van der Waals surface area (Å²) in [6.07, 6.45) is 2.13. The van der Waals surface area contributed by atoms with Gasteiger partial charge in [0.05, 0.1) is 18.8 Å². The second kappa shape index (κ2) is 10.6. The predicted octanol–water partition coefficient (Wildman–Crippen LogP) is 3.27. The summed E-state index contributed by atoms with van der Waals surface area (Å²) in [5.74, 6) is -0.371. The van der Waals surface area contributed by atoms with Crippen molar-refractivity contribution in [1.82, 2.24) is 15.6 Å². The molecule has 3 aromatic rings. The normalized spacial score (nSPS) is 15.6. The Bertz CT molecular complexity index is 1230. The Balaban J connectivity index is 1.41. The zero-order valence-electron chi connectivity index (χ0n) is 18.9. The van der Waals surface area contributed by atoms with E-state index in [1.54, 1.807) is 48.8 Å². The van der Waals surface area contributed by atoms with Gasteiger partial charge in [-0.1, -0.05) is 29.4 Å². The average molecular weight is 477 g/mol. The molecular weight excluding hydrogens is 453 g/mol. The van der Waals surface area contributed by atoms with Crippen molar-refractivity contribution in [3.63, 3.8) is 0 Å². The van der Waals surface area contributed by atoms with Crippen molar-refractivity contribution in [3.8, 4) is 11.1 Å². The van der Waals surface area contributed by atoms with Crippen LogP contribution in [-0.4, -0.2) is 47.2 Å². The minimum atomic E-state index is -0.582. The lowest BCUT2D eigenvalue weighted by molar-refractivity contribution is -0.119. The Morgan fingerprint density at radius 3 is 2.57 bits per heavy atom. The molecule has 1 saturated heterocycles. The summed E-state index contributed by atoms with van der Waals surface area (Å²) in [5.41, 5.74) is 3.06. The van der Waals surface area contributed by atoms with Gasteiger partial charge < -0.3 is 20.6 Å². The quantitative estimate of drug-likeness (QED) is 0.208. The first-order valence-electron chi connectivity index (χ1n) is 10.9. The van der Waals surface area contributed by atoms with Crippen LogP contribution in [0.2, 0.25) is 0 Å². The fraction of sp³-hybridized carbons (Fsp3) is 0.200. The van der Waals surface area contributed by atoms with Gasteiger partial charge in [-0.2, -0.15) is 0 Å². The molecule has 0 aliphatic carbocycles. The number of oxime groups is 1. The summed E-state index contributed by atoms with van der Waals surface area (Å²) >= 11 is 0. The summed E-state index contributed by atoms with van der Waals surface area (Å²) in [6, 6.07) is 15.3. The van der Waals surface area contributed by atoms with Crippen LogP contribution in [0.1, 0.15) is 18.1 Å². The van der Waals surface area contributed by atoms with Crippen LogP contribution in [-0.2, 0) is 16.1 Å². The molecule has 35 heavy (non-hydrogen) atoms. The first-order valence-corrected chi connectivity index (χ1v) is 10.9. The maximum atomic E-state index is 15.0. The fourth-order valence-corrected chi connectivity index (χ4v) is 3.70. The van der Waals surface area contributed by atoms with E-state index < -0.39 is 18.0 Å². The molecule has 1 atom stereocenters. The van der Waals surface area contributed by atoms with Crippen molar-refractivity contribution < 1.29 is 23.9 Å². The number of carbonyl (C=O) groups excluding carboxylic acids is 2. The van der Waals surface area contributed by atoms with Crippen molar-refractivity contribution in [2.75, 3.05) is 18.0 Å². The number of anilines is 1. The Morgan fingerprint density at radius 2 is 1.91 bits per heavy atom. The summed E-state index contributed by atoms with van der Waals surface area (Å²) in [7, 11) is 0. The number of amidine groups is 1. The highest BCUT2D eigenvalue weighted by atomic mass is 19.1. The molecule has 0 unspecified atom stereocenters. The van der Waals surface area contributed by atoms with Gasteiger partial charge >= 0.3 is 6.09 Å². The average Bonchev–Trinajstić information content (AvgIpc) is 3.24. The second-order valence-electron chi connectivity index (χ2n) is 7.95. The van der Waals surface area contributed by atoms with Crippen LogP contribution in [0.4, 0.5) is 14.9 Å². The molecule has 3 N–H and O–H groups in total. The number of nitrogens with one attached hydrogen (secondary N) is 2. The van der Waals surface area contributed by atoms with Gasteiger partial charge in [0, 0.05) is 37.0 Å². The number of hydrogen-bond donors (Lipinski definition) is 3. The predicted molar refractivity (Wildman–Crippen MR) is 128 cm³/mol. The molecule has 2 heterocycles. The van der Waals surface area contributed by atoms with Crippen molar-refractivity contribution in [2.24, 2.45) is 5.16 Å². The van der Waals surface area contributed by atoms with Gasteiger partial charge in [0.1, 0.15) is 11.9 Å². The van der Waals surface area contributed by atoms with Crippen LogP contribution in [0.3, 0.4) is 0 Å². The molecule has 2 amide bonds. The summed E-state index contributed by atoms with van der Waals surface area (Å²) in [5, 5.41) is 18.2. The van der Waals surface area contributed by atoms with E-state index in [0.29, 0.717) is 34.8 Å². The van der Waals surface area contributed by atoms with E-state index >= 15 is 0 Å². The first kappa shape index (κ1) is 23.7. The number of ether oxygens (including phenoxy) is 1. The Hall–Kier alpha value is -4.47. The molecule has 0 spiro atoms. The van der Waals surface area contributed by atoms with E-state index in [1.165, 1.54) is 17.9 Å². The zero-order valence-corrected chi connectivity index (χ0v) is 18.9. The molecule has 4 rings (SSSR count). The number of nitrogens with zero attached hydrogens (tertiary/aromatic N) is 3. The van der Waals surface area contributed by atoms with E-state index in [2.05, 4.69) is 20.8 Å². The Kier molecular flexibility index (Phi) is 7.20. The molecule has 1 fully saturated rings. The zero-order chi connectivity index (χ0) is 24.8. The number of carbonyl (C=O) groups is 2. The number of hydrogen-bond acceptors (Lipinski definition) is 6. The molecule has 1 aliphatic heterocycles. The topological polar surface area (TPSA) is 116 Å². The van der Waals surface area contributed by atoms with Crippen LogP contribution in [0.5, 0.6) is 0 Å². The lowest BCUT2D eigenvalue weighted by atomic mass is 10.0. The molecule has 0 radical (unpaired) electrons. The highest BCUT2D eigenvalue weighted by Gasteiger charge is 2.32. The minimum absolute atomic E-state index is 0.202. The number of cyclic esters (lactones) is 1. The SMILES string of the molecule is CC(=O)NC[C@H]1CN(c2ccc(-c3ccc(CNC(=NO)c4ccncc4)cc3)c(F)c2)C(=O)O1. The molecule has 1 aromatic heterocycles. The molecule has 0 bridgehead atoms. The number of pyridine rings is 1. The Labute approximate surface area is 201 Å². The number of amides is 2. The van der Waals surface area contributed by atoms with E-state index in [-0.39, 0.29) is 19.0 Å².